The molecule has 0 amide bonds. The molecule has 1 aliphatic rings. The van der Waals surface area contributed by atoms with E-state index in [0.717, 1.165) is 11.3 Å². The van der Waals surface area contributed by atoms with Crippen molar-refractivity contribution in [3.05, 3.63) is 76.0 Å². The highest BCUT2D eigenvalue weighted by molar-refractivity contribution is 6.31. The molecule has 2 aromatic carbocycles. The molecule has 5 nitrogen and oxygen atoms in total. The smallest absolute Gasteiger partial charge is 0.387 e. The van der Waals surface area contributed by atoms with Crippen molar-refractivity contribution < 1.29 is 13.5 Å². The highest BCUT2D eigenvalue weighted by Gasteiger charge is 2.27. The SMILES string of the molecule is FC(F)Oc1ccc(Cl)cc1[C@@H]1C=C(c2ccc(Cl)cc2)Nc2ncnn21. The minimum atomic E-state index is -2.96. The molecule has 2 heterocycles. The van der Waals surface area contributed by atoms with Crippen molar-refractivity contribution in [2.45, 2.75) is 12.7 Å². The first-order valence-electron chi connectivity index (χ1n) is 7.90. The number of fused-ring (bicyclic) bond motifs is 1. The molecule has 1 N–H and O–H groups in total. The summed E-state index contributed by atoms with van der Waals surface area (Å²) in [7, 11) is 0. The first-order chi connectivity index (χ1) is 13.0. The van der Waals surface area contributed by atoms with Gasteiger partial charge in [-0.15, -0.1) is 0 Å². The molecule has 0 radical (unpaired) electrons. The monoisotopic (exact) mass is 408 g/mol. The number of benzene rings is 2. The summed E-state index contributed by atoms with van der Waals surface area (Å²) in [5.74, 6) is 0.491. The lowest BCUT2D eigenvalue weighted by Gasteiger charge is -2.26. The van der Waals surface area contributed by atoms with Crippen LogP contribution in [0.3, 0.4) is 0 Å². The summed E-state index contributed by atoms with van der Waals surface area (Å²) in [6, 6.07) is 11.2. The zero-order valence-corrected chi connectivity index (χ0v) is 15.1. The van der Waals surface area contributed by atoms with Crippen LogP contribution in [0.25, 0.3) is 5.70 Å². The second-order valence-electron chi connectivity index (χ2n) is 5.75. The maximum Gasteiger partial charge on any atom is 0.387 e. The molecular formula is C18H12Cl2F2N4O. The van der Waals surface area contributed by atoms with Gasteiger partial charge in [0.15, 0.2) is 0 Å². The number of halogens is 4. The average Bonchev–Trinajstić information content (AvgIpc) is 3.11. The van der Waals surface area contributed by atoms with Gasteiger partial charge in [-0.1, -0.05) is 35.3 Å². The molecule has 1 atom stereocenters. The third-order valence-electron chi connectivity index (χ3n) is 4.07. The fourth-order valence-corrected chi connectivity index (χ4v) is 3.21. The molecule has 27 heavy (non-hydrogen) atoms. The van der Waals surface area contributed by atoms with Crippen molar-refractivity contribution in [3.63, 3.8) is 0 Å². The molecule has 9 heteroatoms. The predicted octanol–water partition coefficient (Wildman–Crippen LogP) is 5.24. The normalized spacial score (nSPS) is 15.9. The minimum absolute atomic E-state index is 0.0226. The van der Waals surface area contributed by atoms with Crippen molar-refractivity contribution in [2.75, 3.05) is 5.32 Å². The second kappa shape index (κ2) is 7.17. The summed E-state index contributed by atoms with van der Waals surface area (Å²) in [5, 5.41) is 8.38. The van der Waals surface area contributed by atoms with Gasteiger partial charge in [0, 0.05) is 21.3 Å². The Balaban J connectivity index is 1.83. The van der Waals surface area contributed by atoms with Crippen LogP contribution >= 0.6 is 23.2 Å². The summed E-state index contributed by atoms with van der Waals surface area (Å²) >= 11 is 12.1. The number of nitrogens with zero attached hydrogens (tertiary/aromatic N) is 3. The van der Waals surface area contributed by atoms with Crippen molar-refractivity contribution in [1.29, 1.82) is 0 Å². The molecule has 0 saturated carbocycles. The second-order valence-corrected chi connectivity index (χ2v) is 6.62. The molecule has 4 rings (SSSR count). The van der Waals surface area contributed by atoms with Crippen molar-refractivity contribution in [2.24, 2.45) is 0 Å². The fourth-order valence-electron chi connectivity index (χ4n) is 2.91. The van der Waals surface area contributed by atoms with Gasteiger partial charge in [-0.3, -0.25) is 0 Å². The number of alkyl halides is 2. The van der Waals surface area contributed by atoms with Crippen LogP contribution in [-0.2, 0) is 0 Å². The Kier molecular flexibility index (Phi) is 4.72. The van der Waals surface area contributed by atoms with Crippen LogP contribution in [0, 0.1) is 0 Å². The Hall–Kier alpha value is -2.64. The summed E-state index contributed by atoms with van der Waals surface area (Å²) < 4.78 is 32.0. The minimum Gasteiger partial charge on any atom is -0.434 e. The maximum absolute atomic E-state index is 12.9. The van der Waals surface area contributed by atoms with Crippen LogP contribution in [0.15, 0.2) is 54.9 Å². The number of ether oxygens (including phenoxy) is 1. The largest absolute Gasteiger partial charge is 0.434 e. The molecule has 0 unspecified atom stereocenters. The van der Waals surface area contributed by atoms with E-state index in [4.69, 9.17) is 23.2 Å². The Bertz CT molecular complexity index is 1000. The van der Waals surface area contributed by atoms with Crippen LogP contribution < -0.4 is 10.1 Å². The number of hydrogen-bond acceptors (Lipinski definition) is 4. The van der Waals surface area contributed by atoms with Crippen molar-refractivity contribution >= 4 is 34.8 Å². The standard InChI is InChI=1S/C18H12Cl2F2N4O/c19-11-3-1-10(2-4-11)14-8-15(26-18(25-14)23-9-24-26)13-7-12(20)5-6-16(13)27-17(21)22/h1-9,15,17H,(H,23,24,25)/t15-/m0/s1. The van der Waals surface area contributed by atoms with Crippen molar-refractivity contribution in [3.8, 4) is 5.75 Å². The van der Waals surface area contributed by atoms with Gasteiger partial charge in [-0.25, -0.2) is 4.68 Å². The summed E-state index contributed by atoms with van der Waals surface area (Å²) in [4.78, 5) is 4.19. The lowest BCUT2D eigenvalue weighted by molar-refractivity contribution is -0.0506. The Morgan fingerprint density at radius 2 is 1.81 bits per heavy atom. The van der Waals surface area contributed by atoms with Gasteiger partial charge in [0.25, 0.3) is 0 Å². The van der Waals surface area contributed by atoms with Crippen LogP contribution in [0.5, 0.6) is 5.75 Å². The maximum atomic E-state index is 12.9. The van der Waals surface area contributed by atoms with Gasteiger partial charge in [-0.05, 0) is 42.0 Å². The lowest BCUT2D eigenvalue weighted by Crippen LogP contribution is -2.21. The van der Waals surface area contributed by atoms with Crippen LogP contribution in [0.1, 0.15) is 17.2 Å². The van der Waals surface area contributed by atoms with E-state index in [1.807, 2.05) is 18.2 Å². The van der Waals surface area contributed by atoms with E-state index in [1.165, 1.54) is 18.5 Å². The molecule has 1 aromatic heterocycles. The summed E-state index contributed by atoms with van der Waals surface area (Å²) in [6.07, 6.45) is 3.22. The average molecular weight is 409 g/mol. The van der Waals surface area contributed by atoms with E-state index in [-0.39, 0.29) is 5.75 Å². The van der Waals surface area contributed by atoms with Gasteiger partial charge in [0.05, 0.1) is 0 Å². The number of nitrogens with one attached hydrogen (secondary N) is 1. The molecule has 0 spiro atoms. The highest BCUT2D eigenvalue weighted by Crippen LogP contribution is 2.38. The number of aromatic nitrogens is 3. The van der Waals surface area contributed by atoms with Crippen LogP contribution in [-0.4, -0.2) is 21.4 Å². The van der Waals surface area contributed by atoms with Crippen LogP contribution in [0.2, 0.25) is 10.0 Å². The van der Waals surface area contributed by atoms with E-state index in [9.17, 15) is 8.78 Å². The highest BCUT2D eigenvalue weighted by atomic mass is 35.5. The van der Waals surface area contributed by atoms with Gasteiger partial charge in [-0.2, -0.15) is 18.9 Å². The molecule has 1 aliphatic heterocycles. The van der Waals surface area contributed by atoms with E-state index >= 15 is 0 Å². The predicted molar refractivity (Wildman–Crippen MR) is 99.3 cm³/mol. The van der Waals surface area contributed by atoms with E-state index in [1.54, 1.807) is 22.9 Å². The molecular weight excluding hydrogens is 397 g/mol. The number of rotatable bonds is 4. The lowest BCUT2D eigenvalue weighted by atomic mass is 10.0. The van der Waals surface area contributed by atoms with Crippen molar-refractivity contribution in [1.82, 2.24) is 14.8 Å². The molecule has 0 bridgehead atoms. The fraction of sp³-hybridized carbons (Fsp3) is 0.111. The van der Waals surface area contributed by atoms with E-state index in [2.05, 4.69) is 20.1 Å². The number of anilines is 1. The van der Waals surface area contributed by atoms with Gasteiger partial charge in [0.2, 0.25) is 5.95 Å². The van der Waals surface area contributed by atoms with E-state index < -0.39 is 12.7 Å². The molecule has 0 saturated heterocycles. The zero-order chi connectivity index (χ0) is 19.0. The first kappa shape index (κ1) is 17.8. The quantitative estimate of drug-likeness (QED) is 0.640. The van der Waals surface area contributed by atoms with Gasteiger partial charge in [0.1, 0.15) is 18.1 Å². The van der Waals surface area contributed by atoms with E-state index in [0.29, 0.717) is 21.6 Å². The van der Waals surface area contributed by atoms with Crippen LogP contribution in [0.4, 0.5) is 14.7 Å². The molecule has 3 aromatic rings. The molecule has 138 valence electrons. The third-order valence-corrected chi connectivity index (χ3v) is 4.56. The topological polar surface area (TPSA) is 52.0 Å². The Labute approximate surface area is 163 Å². The third kappa shape index (κ3) is 3.61. The number of hydrogen-bond donors (Lipinski definition) is 1. The zero-order valence-electron chi connectivity index (χ0n) is 13.6. The Morgan fingerprint density at radius 3 is 2.56 bits per heavy atom. The Morgan fingerprint density at radius 1 is 1.07 bits per heavy atom. The first-order valence-corrected chi connectivity index (χ1v) is 8.65. The van der Waals surface area contributed by atoms with Gasteiger partial charge < -0.3 is 10.1 Å². The summed E-state index contributed by atoms with van der Waals surface area (Å²) in [6.45, 7) is -2.96. The number of allylic oxidation sites excluding steroid dienone is 1. The van der Waals surface area contributed by atoms with Gasteiger partial charge >= 0.3 is 6.61 Å². The molecule has 0 fully saturated rings. The molecule has 0 aliphatic carbocycles. The summed E-state index contributed by atoms with van der Waals surface area (Å²) in [5.41, 5.74) is 2.04.